The summed E-state index contributed by atoms with van der Waals surface area (Å²) in [5.74, 6) is 6.89. The highest BCUT2D eigenvalue weighted by Crippen LogP contribution is 2.28. The van der Waals surface area contributed by atoms with Gasteiger partial charge in [0.1, 0.15) is 11.7 Å². The van der Waals surface area contributed by atoms with Crippen molar-refractivity contribution in [3.63, 3.8) is 0 Å². The molecule has 1 aliphatic heterocycles. The smallest absolute Gasteiger partial charge is 0.317 e. The number of amides is 3. The average Bonchev–Trinajstić information content (AvgIpc) is 2.88. The Morgan fingerprint density at radius 3 is 2.80 bits per heavy atom. The van der Waals surface area contributed by atoms with Crippen LogP contribution in [0, 0.1) is 23.7 Å². The lowest BCUT2D eigenvalue weighted by Crippen LogP contribution is -2.51. The van der Waals surface area contributed by atoms with Crippen molar-refractivity contribution in [2.45, 2.75) is 71.4 Å². The number of ether oxygens (including phenoxy) is 1. The number of hydrogen-bond donors (Lipinski definition) is 2. The Labute approximate surface area is 209 Å². The van der Waals surface area contributed by atoms with Gasteiger partial charge in [-0.2, -0.15) is 0 Å². The molecule has 8 nitrogen and oxygen atoms in total. The molecule has 0 bridgehead atoms. The molecule has 3 rings (SSSR count). The van der Waals surface area contributed by atoms with Gasteiger partial charge in [0, 0.05) is 43.7 Å². The van der Waals surface area contributed by atoms with Crippen molar-refractivity contribution >= 4 is 11.9 Å². The molecule has 2 aliphatic rings. The Morgan fingerprint density at radius 2 is 2.11 bits per heavy atom. The third-order valence-corrected chi connectivity index (χ3v) is 6.87. The van der Waals surface area contributed by atoms with Crippen molar-refractivity contribution in [1.82, 2.24) is 20.1 Å². The molecule has 192 valence electrons. The van der Waals surface area contributed by atoms with Crippen molar-refractivity contribution in [3.05, 3.63) is 23.4 Å². The van der Waals surface area contributed by atoms with Crippen LogP contribution in [-0.2, 0) is 0 Å². The molecule has 0 unspecified atom stereocenters. The second-order valence-corrected chi connectivity index (χ2v) is 9.92. The van der Waals surface area contributed by atoms with Crippen molar-refractivity contribution in [2.24, 2.45) is 11.8 Å². The molecular weight excluding hydrogens is 444 g/mol. The van der Waals surface area contributed by atoms with Gasteiger partial charge in [-0.1, -0.05) is 45.0 Å². The van der Waals surface area contributed by atoms with E-state index in [-0.39, 0.29) is 42.5 Å². The number of urea groups is 1. The van der Waals surface area contributed by atoms with Gasteiger partial charge in [0.25, 0.3) is 5.91 Å². The van der Waals surface area contributed by atoms with E-state index in [0.717, 1.165) is 19.3 Å². The summed E-state index contributed by atoms with van der Waals surface area (Å²) in [6, 6.07) is 1.23. The molecule has 1 saturated carbocycles. The van der Waals surface area contributed by atoms with Crippen LogP contribution in [0.15, 0.2) is 12.3 Å². The Kier molecular flexibility index (Phi) is 9.79. The van der Waals surface area contributed by atoms with Crippen molar-refractivity contribution in [1.29, 1.82) is 0 Å². The van der Waals surface area contributed by atoms with E-state index in [1.807, 2.05) is 20.8 Å². The van der Waals surface area contributed by atoms with E-state index in [4.69, 9.17) is 4.74 Å². The van der Waals surface area contributed by atoms with E-state index in [9.17, 15) is 14.7 Å². The number of nitrogens with one attached hydrogen (secondary N) is 1. The monoisotopic (exact) mass is 484 g/mol. The van der Waals surface area contributed by atoms with Gasteiger partial charge in [-0.3, -0.25) is 4.79 Å². The van der Waals surface area contributed by atoms with Crippen LogP contribution >= 0.6 is 0 Å². The molecule has 0 radical (unpaired) electrons. The molecule has 0 aromatic carbocycles. The number of pyridine rings is 1. The zero-order valence-corrected chi connectivity index (χ0v) is 21.5. The lowest BCUT2D eigenvalue weighted by atomic mass is 9.90. The molecule has 1 fully saturated rings. The maximum absolute atomic E-state index is 13.5. The number of likely N-dealkylation sites (N-methyl/N-ethyl adjacent to an activating group) is 1. The van der Waals surface area contributed by atoms with E-state index in [1.54, 1.807) is 29.1 Å². The Morgan fingerprint density at radius 1 is 1.37 bits per heavy atom. The molecule has 1 aliphatic carbocycles. The average molecular weight is 485 g/mol. The summed E-state index contributed by atoms with van der Waals surface area (Å²) in [7, 11) is 1.73. The number of aliphatic hydroxyl groups is 1. The largest absolute Gasteiger partial charge is 0.472 e. The van der Waals surface area contributed by atoms with Gasteiger partial charge in [0.05, 0.1) is 19.2 Å². The van der Waals surface area contributed by atoms with E-state index < -0.39 is 0 Å². The van der Waals surface area contributed by atoms with Gasteiger partial charge in [-0.25, -0.2) is 9.78 Å². The summed E-state index contributed by atoms with van der Waals surface area (Å²) in [4.78, 5) is 33.7. The van der Waals surface area contributed by atoms with Crippen molar-refractivity contribution in [2.75, 3.05) is 33.3 Å². The molecule has 8 heteroatoms. The summed E-state index contributed by atoms with van der Waals surface area (Å²) in [5.41, 5.74) is 1.03. The highest BCUT2D eigenvalue weighted by atomic mass is 16.5. The summed E-state index contributed by atoms with van der Waals surface area (Å²) in [6.07, 6.45) is 8.08. The summed E-state index contributed by atoms with van der Waals surface area (Å²) >= 11 is 0. The van der Waals surface area contributed by atoms with Crippen LogP contribution in [0.3, 0.4) is 0 Å². The van der Waals surface area contributed by atoms with Crippen LogP contribution in [0.4, 0.5) is 4.79 Å². The zero-order chi connectivity index (χ0) is 25.4. The molecule has 35 heavy (non-hydrogen) atoms. The maximum Gasteiger partial charge on any atom is 0.317 e. The van der Waals surface area contributed by atoms with Crippen LogP contribution in [0.1, 0.15) is 75.2 Å². The first-order valence-corrected chi connectivity index (χ1v) is 12.9. The molecule has 3 atom stereocenters. The predicted molar refractivity (Wildman–Crippen MR) is 135 cm³/mol. The van der Waals surface area contributed by atoms with E-state index in [2.05, 4.69) is 22.1 Å². The minimum atomic E-state index is -0.376. The maximum atomic E-state index is 13.5. The fraction of sp³-hybridized carbons (Fsp3) is 0.667. The van der Waals surface area contributed by atoms with Crippen LogP contribution in [0.2, 0.25) is 0 Å². The highest BCUT2D eigenvalue weighted by molar-refractivity contribution is 5.97. The third kappa shape index (κ3) is 7.11. The fourth-order valence-corrected chi connectivity index (χ4v) is 4.54. The molecule has 0 saturated heterocycles. The van der Waals surface area contributed by atoms with E-state index in [1.165, 1.54) is 19.3 Å². The number of aromatic nitrogens is 1. The highest BCUT2D eigenvalue weighted by Gasteiger charge is 2.34. The molecule has 2 N–H and O–H groups in total. The molecule has 1 aromatic rings. The van der Waals surface area contributed by atoms with Crippen molar-refractivity contribution < 1.29 is 19.4 Å². The van der Waals surface area contributed by atoms with Gasteiger partial charge in [0.15, 0.2) is 0 Å². The number of fused-ring (bicyclic) bond motifs is 1. The summed E-state index contributed by atoms with van der Waals surface area (Å²) < 4.78 is 6.27. The minimum Gasteiger partial charge on any atom is -0.472 e. The number of hydrogen-bond acceptors (Lipinski definition) is 5. The summed E-state index contributed by atoms with van der Waals surface area (Å²) in [5, 5.41) is 12.7. The molecule has 0 spiro atoms. The quantitative estimate of drug-likeness (QED) is 0.605. The van der Waals surface area contributed by atoms with Crippen LogP contribution in [0.5, 0.6) is 5.88 Å². The molecule has 2 heterocycles. The predicted octanol–water partition coefficient (Wildman–Crippen LogP) is 3.28. The van der Waals surface area contributed by atoms with Gasteiger partial charge in [-0.15, -0.1) is 0 Å². The number of nitrogens with zero attached hydrogens (tertiary/aromatic N) is 3. The third-order valence-electron chi connectivity index (χ3n) is 6.87. The van der Waals surface area contributed by atoms with Crippen LogP contribution < -0.4 is 10.1 Å². The number of rotatable bonds is 6. The van der Waals surface area contributed by atoms with E-state index in [0.29, 0.717) is 36.7 Å². The van der Waals surface area contributed by atoms with Gasteiger partial charge >= 0.3 is 6.03 Å². The Balaban J connectivity index is 1.89. The van der Waals surface area contributed by atoms with Gasteiger partial charge in [0.2, 0.25) is 5.88 Å². The number of aliphatic hydroxyl groups excluding tert-OH is 1. The van der Waals surface area contributed by atoms with Gasteiger partial charge in [-0.05, 0) is 32.3 Å². The topological polar surface area (TPSA) is 95.0 Å². The Bertz CT molecular complexity index is 935. The van der Waals surface area contributed by atoms with Gasteiger partial charge < -0.3 is 25.0 Å². The first-order chi connectivity index (χ1) is 16.8. The zero-order valence-electron chi connectivity index (χ0n) is 21.5. The normalized spacial score (nSPS) is 21.5. The van der Waals surface area contributed by atoms with Crippen molar-refractivity contribution in [3.8, 4) is 17.7 Å². The number of carbonyl (C=O) groups excluding carboxylic acids is 2. The Hall–Kier alpha value is -2.79. The second-order valence-electron chi connectivity index (χ2n) is 9.92. The first kappa shape index (κ1) is 26.8. The lowest BCUT2D eigenvalue weighted by molar-refractivity contribution is 0.0352. The number of carbonyl (C=O) groups is 2. The van der Waals surface area contributed by atoms with Crippen LogP contribution in [0.25, 0.3) is 0 Å². The molecular formula is C27H40N4O4. The lowest BCUT2D eigenvalue weighted by Gasteiger charge is -2.37. The SMILES string of the molecule is CCCNC(=O)N(C)C[C@@H]1Oc2ncc(C#CC3CCCCC3)cc2C(=O)N([C@@H](C)CO)C[C@@H]1C. The van der Waals surface area contributed by atoms with E-state index >= 15 is 0 Å². The second kappa shape index (κ2) is 12.8. The van der Waals surface area contributed by atoms with Crippen LogP contribution in [-0.4, -0.2) is 77.3 Å². The standard InChI is InChI=1S/C27H40N4O4/c1-5-13-28-27(34)30(4)17-24-19(2)16-31(20(3)18-32)26(33)23-14-22(15-29-25(23)35-24)12-11-21-9-7-6-8-10-21/h14-15,19-21,24,32H,5-10,13,16-18H2,1-4H3,(H,28,34)/t19-,20-,24-/m0/s1. The summed E-state index contributed by atoms with van der Waals surface area (Å²) in [6.45, 7) is 7.02. The minimum absolute atomic E-state index is 0.0879. The first-order valence-electron chi connectivity index (χ1n) is 12.9. The molecule has 3 amide bonds. The fourth-order valence-electron chi connectivity index (χ4n) is 4.54. The molecule has 1 aromatic heterocycles.